The topological polar surface area (TPSA) is 124 Å². The number of amides is 2. The number of nitrogens with one attached hydrogen (secondary N) is 1. The van der Waals surface area contributed by atoms with Crippen LogP contribution in [0.25, 0.3) is 0 Å². The van der Waals surface area contributed by atoms with Gasteiger partial charge in [-0.2, -0.15) is 4.31 Å². The summed E-state index contributed by atoms with van der Waals surface area (Å²) in [4.78, 5) is 29.5. The Labute approximate surface area is 273 Å². The van der Waals surface area contributed by atoms with E-state index in [-0.39, 0.29) is 37.3 Å². The van der Waals surface area contributed by atoms with E-state index in [0.29, 0.717) is 49.1 Å². The molecular formula is C35H35N3O8S. The molecule has 1 unspecified atom stereocenters. The van der Waals surface area contributed by atoms with E-state index in [1.165, 1.54) is 33.5 Å². The quantitative estimate of drug-likeness (QED) is 0.244. The van der Waals surface area contributed by atoms with Gasteiger partial charge in [0.05, 0.1) is 18.1 Å². The summed E-state index contributed by atoms with van der Waals surface area (Å²) in [7, 11) is -3.67. The van der Waals surface area contributed by atoms with Gasteiger partial charge in [-0.05, 0) is 53.1 Å². The minimum Gasteiger partial charge on any atom is -0.484 e. The number of carbonyl (C=O) groups is 2. The van der Waals surface area contributed by atoms with Crippen LogP contribution >= 0.6 is 0 Å². The summed E-state index contributed by atoms with van der Waals surface area (Å²) in [5.74, 6) is 0.792. The normalized spacial score (nSPS) is 15.1. The lowest BCUT2D eigenvalue weighted by Crippen LogP contribution is -2.45. The molecule has 1 fully saturated rings. The van der Waals surface area contributed by atoms with Crippen molar-refractivity contribution in [2.45, 2.75) is 24.0 Å². The Balaban J connectivity index is 1.20. The van der Waals surface area contributed by atoms with Crippen LogP contribution in [0.15, 0.2) is 108 Å². The van der Waals surface area contributed by atoms with E-state index in [0.717, 1.165) is 11.1 Å². The zero-order chi connectivity index (χ0) is 32.6. The Morgan fingerprint density at radius 3 is 2.23 bits per heavy atom. The standard InChI is InChI=1S/C35H35N3O8S/c39-33(24-44-29-12-14-30(15-13-29)47(41,42)37-17-19-43-20-18-37)38(23-26-7-3-1-4-8-26)34(28-9-5-2-6-10-28)35(40)36-22-27-11-16-31-32(21-27)46-25-45-31/h1-16,21,34H,17-20,22-25H2,(H,36,40). The molecule has 2 aliphatic rings. The fourth-order valence-electron chi connectivity index (χ4n) is 5.42. The van der Waals surface area contributed by atoms with E-state index in [4.69, 9.17) is 18.9 Å². The van der Waals surface area contributed by atoms with E-state index in [1.54, 1.807) is 6.07 Å². The maximum atomic E-state index is 14.0. The van der Waals surface area contributed by atoms with Crippen molar-refractivity contribution >= 4 is 21.8 Å². The van der Waals surface area contributed by atoms with Gasteiger partial charge in [0.15, 0.2) is 18.1 Å². The number of rotatable bonds is 12. The lowest BCUT2D eigenvalue weighted by Gasteiger charge is -2.31. The lowest BCUT2D eigenvalue weighted by molar-refractivity contribution is -0.143. The van der Waals surface area contributed by atoms with Crippen LogP contribution in [0.5, 0.6) is 17.2 Å². The van der Waals surface area contributed by atoms with Crippen molar-refractivity contribution < 1.29 is 37.0 Å². The zero-order valence-corrected chi connectivity index (χ0v) is 26.4. The molecule has 6 rings (SSSR count). The molecule has 1 saturated heterocycles. The molecule has 0 radical (unpaired) electrons. The van der Waals surface area contributed by atoms with Crippen molar-refractivity contribution in [2.75, 3.05) is 39.7 Å². The van der Waals surface area contributed by atoms with Crippen LogP contribution in [0, 0.1) is 0 Å². The molecule has 1 atom stereocenters. The number of carbonyl (C=O) groups excluding carboxylic acids is 2. The minimum atomic E-state index is -3.67. The maximum Gasteiger partial charge on any atom is 0.261 e. The van der Waals surface area contributed by atoms with Crippen molar-refractivity contribution in [1.29, 1.82) is 0 Å². The van der Waals surface area contributed by atoms with Crippen LogP contribution in [0.3, 0.4) is 0 Å². The molecule has 2 aliphatic heterocycles. The van der Waals surface area contributed by atoms with E-state index in [9.17, 15) is 18.0 Å². The fourth-order valence-corrected chi connectivity index (χ4v) is 6.83. The molecule has 244 valence electrons. The third-order valence-electron chi connectivity index (χ3n) is 7.89. The third kappa shape index (κ3) is 7.74. The molecule has 2 heterocycles. The van der Waals surface area contributed by atoms with Gasteiger partial charge in [0.1, 0.15) is 11.8 Å². The summed E-state index contributed by atoms with van der Waals surface area (Å²) < 4.78 is 49.4. The summed E-state index contributed by atoms with van der Waals surface area (Å²) in [6.45, 7) is 1.42. The van der Waals surface area contributed by atoms with E-state index in [2.05, 4.69) is 5.32 Å². The molecule has 0 aliphatic carbocycles. The number of benzene rings is 4. The predicted octanol–water partition coefficient (Wildman–Crippen LogP) is 3.90. The van der Waals surface area contributed by atoms with Crippen LogP contribution in [0.2, 0.25) is 0 Å². The zero-order valence-electron chi connectivity index (χ0n) is 25.6. The molecule has 0 spiro atoms. The molecule has 1 N–H and O–H groups in total. The van der Waals surface area contributed by atoms with Gasteiger partial charge in [0, 0.05) is 26.2 Å². The molecule has 0 aromatic heterocycles. The van der Waals surface area contributed by atoms with E-state index < -0.39 is 22.0 Å². The second-order valence-corrected chi connectivity index (χ2v) is 12.9. The van der Waals surface area contributed by atoms with Crippen LogP contribution in [-0.2, 0) is 37.4 Å². The number of sulfonamides is 1. The molecular weight excluding hydrogens is 622 g/mol. The first-order chi connectivity index (χ1) is 22.9. The highest BCUT2D eigenvalue weighted by Crippen LogP contribution is 2.32. The average Bonchev–Trinajstić information content (AvgIpc) is 3.59. The predicted molar refractivity (Wildman–Crippen MR) is 172 cm³/mol. The van der Waals surface area contributed by atoms with Gasteiger partial charge in [-0.1, -0.05) is 66.7 Å². The minimum absolute atomic E-state index is 0.132. The molecule has 0 saturated carbocycles. The highest BCUT2D eigenvalue weighted by molar-refractivity contribution is 7.89. The highest BCUT2D eigenvalue weighted by Gasteiger charge is 2.32. The van der Waals surface area contributed by atoms with E-state index >= 15 is 0 Å². The largest absolute Gasteiger partial charge is 0.484 e. The first-order valence-corrected chi connectivity index (χ1v) is 16.7. The van der Waals surface area contributed by atoms with Crippen molar-refractivity contribution in [3.8, 4) is 17.2 Å². The number of nitrogens with zero attached hydrogens (tertiary/aromatic N) is 2. The smallest absolute Gasteiger partial charge is 0.261 e. The summed E-state index contributed by atoms with van der Waals surface area (Å²) >= 11 is 0. The van der Waals surface area contributed by atoms with Crippen molar-refractivity contribution in [1.82, 2.24) is 14.5 Å². The van der Waals surface area contributed by atoms with Gasteiger partial charge in [-0.25, -0.2) is 8.42 Å². The number of morpholine rings is 1. The number of hydrogen-bond donors (Lipinski definition) is 1. The van der Waals surface area contributed by atoms with Crippen LogP contribution in [0.1, 0.15) is 22.7 Å². The SMILES string of the molecule is O=C(NCc1ccc2c(c1)OCO2)C(c1ccccc1)N(Cc1ccccc1)C(=O)COc1ccc(S(=O)(=O)N2CCOCC2)cc1. The molecule has 4 aromatic carbocycles. The Kier molecular flexibility index (Phi) is 10.0. The number of hydrogen-bond acceptors (Lipinski definition) is 8. The van der Waals surface area contributed by atoms with Crippen molar-refractivity contribution in [2.24, 2.45) is 0 Å². The molecule has 47 heavy (non-hydrogen) atoms. The van der Waals surface area contributed by atoms with Gasteiger partial charge in [-0.3, -0.25) is 9.59 Å². The third-order valence-corrected chi connectivity index (χ3v) is 9.80. The summed E-state index contributed by atoms with van der Waals surface area (Å²) in [6.07, 6.45) is 0. The van der Waals surface area contributed by atoms with Crippen LogP contribution in [-0.4, -0.2) is 69.1 Å². The van der Waals surface area contributed by atoms with Crippen LogP contribution in [0.4, 0.5) is 0 Å². The molecule has 12 heteroatoms. The van der Waals surface area contributed by atoms with Gasteiger partial charge >= 0.3 is 0 Å². The first kappa shape index (κ1) is 32.0. The van der Waals surface area contributed by atoms with Gasteiger partial charge in [0.25, 0.3) is 5.91 Å². The number of ether oxygens (including phenoxy) is 4. The van der Waals surface area contributed by atoms with E-state index in [1.807, 2.05) is 72.8 Å². The lowest BCUT2D eigenvalue weighted by atomic mass is 10.0. The second kappa shape index (κ2) is 14.7. The molecule has 11 nitrogen and oxygen atoms in total. The molecule has 2 amide bonds. The van der Waals surface area contributed by atoms with Crippen molar-refractivity contribution in [3.63, 3.8) is 0 Å². The summed E-state index contributed by atoms with van der Waals surface area (Å²) in [5.41, 5.74) is 2.29. The average molecular weight is 658 g/mol. The first-order valence-electron chi connectivity index (χ1n) is 15.2. The summed E-state index contributed by atoms with van der Waals surface area (Å²) in [6, 6.07) is 29.0. The van der Waals surface area contributed by atoms with Crippen molar-refractivity contribution in [3.05, 3.63) is 120 Å². The van der Waals surface area contributed by atoms with Gasteiger partial charge < -0.3 is 29.2 Å². The monoisotopic (exact) mass is 657 g/mol. The Bertz CT molecular complexity index is 1780. The highest BCUT2D eigenvalue weighted by atomic mass is 32.2. The Hall–Kier alpha value is -4.91. The Morgan fingerprint density at radius 2 is 1.51 bits per heavy atom. The van der Waals surface area contributed by atoms with Gasteiger partial charge in [0.2, 0.25) is 22.7 Å². The number of fused-ring (bicyclic) bond motifs is 1. The van der Waals surface area contributed by atoms with Gasteiger partial charge in [-0.15, -0.1) is 0 Å². The molecule has 4 aromatic rings. The maximum absolute atomic E-state index is 14.0. The van der Waals surface area contributed by atoms with Crippen LogP contribution < -0.4 is 19.5 Å². The summed E-state index contributed by atoms with van der Waals surface area (Å²) in [5, 5.41) is 2.99. The fraction of sp³-hybridized carbons (Fsp3) is 0.257. The molecule has 0 bridgehead atoms. The Morgan fingerprint density at radius 1 is 0.830 bits per heavy atom. The second-order valence-electron chi connectivity index (χ2n) is 11.0.